The molecule has 2 fully saturated rings. The zero-order valence-corrected chi connectivity index (χ0v) is 43.1. The molecule has 2 aliphatic rings. The highest BCUT2D eigenvalue weighted by Gasteiger charge is 2.51. The van der Waals surface area contributed by atoms with Crippen molar-refractivity contribution in [2.75, 3.05) is 0 Å². The molecule has 1 N–H and O–H groups in total. The molecule has 2 saturated carbocycles. The first-order chi connectivity index (χ1) is 22.6. The number of hydrogen-bond acceptors (Lipinski definition) is 8. The van der Waals surface area contributed by atoms with Crippen LogP contribution in [0.5, 0.6) is 0 Å². The lowest BCUT2D eigenvalue weighted by Crippen LogP contribution is -2.59. The van der Waals surface area contributed by atoms with Crippen LogP contribution >= 0.6 is 0 Å². The maximum atomic E-state index is 12.7. The average Bonchev–Trinajstić information content (AvgIpc) is 2.85. The molecule has 0 amide bonds. The second-order valence-corrected chi connectivity index (χ2v) is 46.2. The van der Waals surface area contributed by atoms with Crippen LogP contribution in [0.25, 0.3) is 0 Å². The molecule has 2 aliphatic carbocycles. The van der Waals surface area contributed by atoms with Gasteiger partial charge in [0.25, 0.3) is 0 Å². The van der Waals surface area contributed by atoms with Crippen LogP contribution in [-0.4, -0.2) is 94.9 Å². The second-order valence-electron chi connectivity index (χ2n) is 22.7. The standard InChI is InChI=1S/C21H46O4Si3.C18H38O4Si2/c1-20(2,3)27(10,11)23-17-14-16(22)15-18(19(17)25-26(7,8)9)24-28(12,13)21(4,5)6;1-17(2,3)23(7,8)21-14-11-13(19)12-15(16(14)20)22-24(9,10)18(4,5)6/h17-19H,14-15H2,1-13H3;14-16,20H,11-12H2,1-10H3. The Hall–Kier alpha value is 0.184. The molecule has 52 heavy (non-hydrogen) atoms. The molecule has 2 rings (SSSR count). The minimum Gasteiger partial charge on any atom is -0.411 e. The number of aliphatic hydroxyl groups is 1. The Morgan fingerprint density at radius 3 is 0.846 bits per heavy atom. The maximum absolute atomic E-state index is 12.7. The van der Waals surface area contributed by atoms with Crippen molar-refractivity contribution in [3.05, 3.63) is 0 Å². The first-order valence-electron chi connectivity index (χ1n) is 19.7. The molecular formula is C39H84O8Si5. The summed E-state index contributed by atoms with van der Waals surface area (Å²) in [5.41, 5.74) is 0. The van der Waals surface area contributed by atoms with Crippen molar-refractivity contribution < 1.29 is 36.8 Å². The number of ketones is 2. The van der Waals surface area contributed by atoms with Gasteiger partial charge in [0.2, 0.25) is 0 Å². The van der Waals surface area contributed by atoms with E-state index in [1.807, 2.05) is 0 Å². The maximum Gasteiger partial charge on any atom is 0.192 e. The van der Waals surface area contributed by atoms with Gasteiger partial charge in [0.1, 0.15) is 17.7 Å². The molecule has 0 spiro atoms. The molecule has 4 unspecified atom stereocenters. The molecule has 0 saturated heterocycles. The Labute approximate surface area is 326 Å². The van der Waals surface area contributed by atoms with E-state index in [1.54, 1.807) is 0 Å². The summed E-state index contributed by atoms with van der Waals surface area (Å²) >= 11 is 0. The highest BCUT2D eigenvalue weighted by Crippen LogP contribution is 2.44. The summed E-state index contributed by atoms with van der Waals surface area (Å²) in [5.74, 6) is 0.371. The first-order valence-corrected chi connectivity index (χ1v) is 34.8. The van der Waals surface area contributed by atoms with E-state index in [2.05, 4.69) is 155 Å². The van der Waals surface area contributed by atoms with Gasteiger partial charge in [-0.15, -0.1) is 0 Å². The molecule has 308 valence electrons. The summed E-state index contributed by atoms with van der Waals surface area (Å²) < 4.78 is 32.9. The van der Waals surface area contributed by atoms with Crippen LogP contribution in [0.1, 0.15) is 109 Å². The largest absolute Gasteiger partial charge is 0.411 e. The monoisotopic (exact) mass is 821 g/mol. The van der Waals surface area contributed by atoms with E-state index in [1.165, 1.54) is 0 Å². The van der Waals surface area contributed by atoms with Gasteiger partial charge in [-0.2, -0.15) is 0 Å². The zero-order valence-electron chi connectivity index (χ0n) is 38.1. The van der Waals surface area contributed by atoms with Crippen LogP contribution in [0.4, 0.5) is 0 Å². The van der Waals surface area contributed by atoms with Crippen molar-refractivity contribution in [3.8, 4) is 0 Å². The summed E-state index contributed by atoms with van der Waals surface area (Å²) in [6, 6.07) is 0. The van der Waals surface area contributed by atoms with Gasteiger partial charge in [-0.1, -0.05) is 83.1 Å². The van der Waals surface area contributed by atoms with Crippen LogP contribution in [-0.2, 0) is 31.7 Å². The highest BCUT2D eigenvalue weighted by molar-refractivity contribution is 6.75. The van der Waals surface area contributed by atoms with Crippen LogP contribution in [0, 0.1) is 0 Å². The quantitative estimate of drug-likeness (QED) is 0.218. The van der Waals surface area contributed by atoms with Crippen LogP contribution in [0.3, 0.4) is 0 Å². The molecule has 8 nitrogen and oxygen atoms in total. The number of carbonyl (C=O) groups is 2. The number of carbonyl (C=O) groups excluding carboxylic acids is 2. The lowest BCUT2D eigenvalue weighted by Gasteiger charge is -2.48. The minimum absolute atomic E-state index is 0.0446. The van der Waals surface area contributed by atoms with Crippen molar-refractivity contribution >= 4 is 53.2 Å². The fourth-order valence-electron chi connectivity index (χ4n) is 5.24. The van der Waals surface area contributed by atoms with E-state index in [4.69, 9.17) is 22.1 Å². The molecule has 0 aliphatic heterocycles. The van der Waals surface area contributed by atoms with Gasteiger partial charge >= 0.3 is 0 Å². The number of Topliss-reactive ketones (excluding diaryl/α,β-unsaturated/α-hetero) is 2. The summed E-state index contributed by atoms with van der Waals surface area (Å²) in [7, 11) is -9.97. The van der Waals surface area contributed by atoms with Crippen molar-refractivity contribution in [2.24, 2.45) is 0 Å². The molecule has 0 heterocycles. The third-order valence-corrected chi connectivity index (χ3v) is 31.7. The van der Waals surface area contributed by atoms with E-state index in [-0.39, 0.29) is 50.0 Å². The lowest BCUT2D eigenvalue weighted by molar-refractivity contribution is -0.136. The number of rotatable bonds is 10. The molecule has 13 heteroatoms. The Morgan fingerprint density at radius 2 is 0.635 bits per heavy atom. The molecule has 0 aromatic carbocycles. The normalized spacial score (nSPS) is 26.6. The van der Waals surface area contributed by atoms with Crippen molar-refractivity contribution in [1.82, 2.24) is 0 Å². The van der Waals surface area contributed by atoms with E-state index in [0.717, 1.165) is 0 Å². The zero-order chi connectivity index (χ0) is 41.5. The Kier molecular flexibility index (Phi) is 16.4. The van der Waals surface area contributed by atoms with Crippen molar-refractivity contribution in [2.45, 2.75) is 238 Å². The number of aliphatic hydroxyl groups excluding tert-OH is 1. The molecular weight excluding hydrogens is 737 g/mol. The third-order valence-electron chi connectivity index (χ3n) is 12.7. The third kappa shape index (κ3) is 14.0. The van der Waals surface area contributed by atoms with E-state index in [9.17, 15) is 14.7 Å². The van der Waals surface area contributed by atoms with E-state index < -0.39 is 59.9 Å². The highest BCUT2D eigenvalue weighted by atomic mass is 28.4. The summed E-state index contributed by atoms with van der Waals surface area (Å²) in [6.45, 7) is 50.7. The molecule has 4 atom stereocenters. The molecule has 0 aromatic heterocycles. The first kappa shape index (κ1) is 50.2. The van der Waals surface area contributed by atoms with Crippen molar-refractivity contribution in [3.63, 3.8) is 0 Å². The van der Waals surface area contributed by atoms with Gasteiger partial charge in [0.15, 0.2) is 41.6 Å². The fraction of sp³-hybridized carbons (Fsp3) is 0.949. The van der Waals surface area contributed by atoms with Gasteiger partial charge in [0.05, 0.1) is 30.5 Å². The number of hydrogen-bond donors (Lipinski definition) is 1. The van der Waals surface area contributed by atoms with Crippen LogP contribution in [0.15, 0.2) is 0 Å². The fourth-order valence-corrected chi connectivity index (χ4v) is 11.7. The van der Waals surface area contributed by atoms with E-state index in [0.29, 0.717) is 25.7 Å². The van der Waals surface area contributed by atoms with Gasteiger partial charge in [-0.25, -0.2) is 0 Å². The molecule has 0 radical (unpaired) electrons. The van der Waals surface area contributed by atoms with Crippen molar-refractivity contribution in [1.29, 1.82) is 0 Å². The summed E-state index contributed by atoms with van der Waals surface area (Å²) in [6.07, 6.45) is -0.705. The SMILES string of the molecule is CC(C)(C)[Si](C)(C)OC1CC(=O)CC(O[Si](C)(C)C(C)(C)C)C1O.CC(C)(C)[Si](C)(C)OC1CC(=O)CC(O[Si](C)(C)C(C)(C)C)C1O[Si](C)(C)C. The summed E-state index contributed by atoms with van der Waals surface area (Å²) in [4.78, 5) is 25.0. The Morgan fingerprint density at radius 1 is 0.423 bits per heavy atom. The molecule has 0 bridgehead atoms. The predicted molar refractivity (Wildman–Crippen MR) is 231 cm³/mol. The molecule has 0 aromatic rings. The van der Waals surface area contributed by atoms with Crippen LogP contribution < -0.4 is 0 Å². The lowest BCUT2D eigenvalue weighted by atomic mass is 9.91. The smallest absolute Gasteiger partial charge is 0.192 e. The second kappa shape index (κ2) is 17.0. The van der Waals surface area contributed by atoms with Gasteiger partial charge in [-0.05, 0) is 92.2 Å². The Bertz CT molecular complexity index is 1120. The van der Waals surface area contributed by atoms with Gasteiger partial charge in [-0.3, -0.25) is 9.59 Å². The van der Waals surface area contributed by atoms with E-state index >= 15 is 0 Å². The topological polar surface area (TPSA) is 101 Å². The van der Waals surface area contributed by atoms with Gasteiger partial charge in [0, 0.05) is 25.7 Å². The average molecular weight is 822 g/mol. The Balaban J connectivity index is 0.000000526. The minimum atomic E-state index is -2.05. The summed E-state index contributed by atoms with van der Waals surface area (Å²) in [5, 5.41) is 11.1. The predicted octanol–water partition coefficient (Wildman–Crippen LogP) is 10.8. The van der Waals surface area contributed by atoms with Gasteiger partial charge < -0.3 is 27.2 Å². The van der Waals surface area contributed by atoms with Crippen LogP contribution in [0.2, 0.25) is 92.2 Å².